The predicted molar refractivity (Wildman–Crippen MR) is 128 cm³/mol. The van der Waals surface area contributed by atoms with Crippen LogP contribution in [0.1, 0.15) is 34.3 Å². The molecule has 0 aliphatic carbocycles. The zero-order chi connectivity index (χ0) is 21.4. The summed E-state index contributed by atoms with van der Waals surface area (Å²) >= 11 is 1.61. The lowest BCUT2D eigenvalue weighted by Gasteiger charge is -2.13. The Morgan fingerprint density at radius 3 is 2.61 bits per heavy atom. The zero-order valence-electron chi connectivity index (χ0n) is 17.5. The number of thiazole rings is 1. The third-order valence-corrected chi connectivity index (χ3v) is 6.66. The van der Waals surface area contributed by atoms with Crippen LogP contribution in [-0.2, 0) is 0 Å². The molecule has 0 aliphatic rings. The van der Waals surface area contributed by atoms with E-state index in [4.69, 9.17) is 4.98 Å². The van der Waals surface area contributed by atoms with Gasteiger partial charge in [-0.1, -0.05) is 78.4 Å². The number of carbonyl (C=O) groups excluding carboxylic acids is 1. The highest BCUT2D eigenvalue weighted by molar-refractivity contribution is 7.23. The molecule has 154 valence electrons. The van der Waals surface area contributed by atoms with Crippen LogP contribution >= 0.6 is 11.3 Å². The zero-order valence-corrected chi connectivity index (χ0v) is 18.3. The molecule has 1 N–H and O–H groups in total. The maximum absolute atomic E-state index is 12.7. The number of imidazole rings is 1. The molecule has 0 aliphatic heterocycles. The van der Waals surface area contributed by atoms with Crippen LogP contribution in [0.2, 0.25) is 0 Å². The number of fused-ring (bicyclic) bond motifs is 3. The minimum absolute atomic E-state index is 0.0453. The average molecular weight is 426 g/mol. The summed E-state index contributed by atoms with van der Waals surface area (Å²) in [5.74, 6) is 0.218. The highest BCUT2D eigenvalue weighted by Gasteiger charge is 2.14. The van der Waals surface area contributed by atoms with Gasteiger partial charge in [0.1, 0.15) is 0 Å². The molecule has 5 heteroatoms. The standard InChI is InChI=1S/C26H23N3OS/c1-17-8-10-20(11-9-17)22-16-29-23-13-12-21(14-24(23)31-26(29)28-22)25(30)27-15-18(2)19-6-4-3-5-7-19/h3-14,16,18H,15H2,1-2H3,(H,27,30)/t18-/m0/s1. The van der Waals surface area contributed by atoms with Crippen molar-refractivity contribution in [2.24, 2.45) is 0 Å². The van der Waals surface area contributed by atoms with E-state index in [1.807, 2.05) is 36.4 Å². The van der Waals surface area contributed by atoms with Crippen LogP contribution in [0.4, 0.5) is 0 Å². The van der Waals surface area contributed by atoms with Gasteiger partial charge in [0.25, 0.3) is 5.91 Å². The van der Waals surface area contributed by atoms with Gasteiger partial charge in [0.05, 0.1) is 15.9 Å². The summed E-state index contributed by atoms with van der Waals surface area (Å²) in [4.78, 5) is 18.4. The van der Waals surface area contributed by atoms with Crippen molar-refractivity contribution in [1.82, 2.24) is 14.7 Å². The van der Waals surface area contributed by atoms with Crippen molar-refractivity contribution >= 4 is 32.4 Å². The van der Waals surface area contributed by atoms with E-state index in [0.29, 0.717) is 12.1 Å². The molecule has 0 spiro atoms. The number of amides is 1. The number of aryl methyl sites for hydroxylation is 1. The maximum atomic E-state index is 12.7. The minimum atomic E-state index is -0.0453. The molecule has 0 saturated heterocycles. The molecule has 1 atom stereocenters. The van der Waals surface area contributed by atoms with Crippen molar-refractivity contribution in [3.8, 4) is 11.3 Å². The molecule has 2 aromatic heterocycles. The molecule has 31 heavy (non-hydrogen) atoms. The predicted octanol–water partition coefficient (Wildman–Crippen LogP) is 6.06. The topological polar surface area (TPSA) is 46.4 Å². The molecule has 0 radical (unpaired) electrons. The Balaban J connectivity index is 1.36. The lowest BCUT2D eigenvalue weighted by molar-refractivity contribution is 0.0952. The largest absolute Gasteiger partial charge is 0.351 e. The molecular weight excluding hydrogens is 402 g/mol. The highest BCUT2D eigenvalue weighted by atomic mass is 32.1. The van der Waals surface area contributed by atoms with Gasteiger partial charge in [-0.2, -0.15) is 0 Å². The smallest absolute Gasteiger partial charge is 0.251 e. The summed E-state index contributed by atoms with van der Waals surface area (Å²) in [6, 6.07) is 24.5. The van der Waals surface area contributed by atoms with Crippen LogP contribution in [-0.4, -0.2) is 21.8 Å². The quantitative estimate of drug-likeness (QED) is 0.372. The van der Waals surface area contributed by atoms with Gasteiger partial charge in [-0.25, -0.2) is 4.98 Å². The molecule has 0 unspecified atom stereocenters. The SMILES string of the molecule is Cc1ccc(-c2cn3c(n2)sc2cc(C(=O)NC[C@H](C)c4ccccc4)ccc23)cc1. The van der Waals surface area contributed by atoms with E-state index in [2.05, 4.69) is 66.2 Å². The molecule has 1 amide bonds. The molecule has 5 aromatic rings. The Labute approximate surface area is 185 Å². The summed E-state index contributed by atoms with van der Waals surface area (Å²) < 4.78 is 3.16. The second-order valence-corrected chi connectivity index (χ2v) is 8.96. The summed E-state index contributed by atoms with van der Waals surface area (Å²) in [5, 5.41) is 3.07. The van der Waals surface area contributed by atoms with Crippen molar-refractivity contribution in [2.45, 2.75) is 19.8 Å². The van der Waals surface area contributed by atoms with Gasteiger partial charge in [-0.3, -0.25) is 9.20 Å². The maximum Gasteiger partial charge on any atom is 0.251 e. The first kappa shape index (κ1) is 19.5. The fourth-order valence-electron chi connectivity index (χ4n) is 3.75. The molecule has 2 heterocycles. The van der Waals surface area contributed by atoms with Gasteiger partial charge in [0.15, 0.2) is 4.96 Å². The normalized spacial score (nSPS) is 12.3. The summed E-state index contributed by atoms with van der Waals surface area (Å²) in [6.07, 6.45) is 2.07. The number of hydrogen-bond acceptors (Lipinski definition) is 3. The first-order valence-electron chi connectivity index (χ1n) is 10.4. The second kappa shape index (κ2) is 8.00. The van der Waals surface area contributed by atoms with Crippen LogP contribution in [0.25, 0.3) is 26.4 Å². The molecule has 0 bridgehead atoms. The van der Waals surface area contributed by atoms with E-state index in [9.17, 15) is 4.79 Å². The number of rotatable bonds is 5. The fraction of sp³-hybridized carbons (Fsp3) is 0.154. The van der Waals surface area contributed by atoms with Crippen molar-refractivity contribution in [1.29, 1.82) is 0 Å². The van der Waals surface area contributed by atoms with Gasteiger partial charge in [0, 0.05) is 23.9 Å². The van der Waals surface area contributed by atoms with Crippen LogP contribution < -0.4 is 5.32 Å². The minimum Gasteiger partial charge on any atom is -0.351 e. The van der Waals surface area contributed by atoms with E-state index >= 15 is 0 Å². The van der Waals surface area contributed by atoms with E-state index in [1.54, 1.807) is 11.3 Å². The molecule has 0 fully saturated rings. The molecule has 4 nitrogen and oxygen atoms in total. The Kier molecular flexibility index (Phi) is 5.04. The van der Waals surface area contributed by atoms with Gasteiger partial charge in [0.2, 0.25) is 0 Å². The van der Waals surface area contributed by atoms with Gasteiger partial charge in [-0.05, 0) is 36.6 Å². The number of benzene rings is 3. The number of nitrogens with zero attached hydrogens (tertiary/aromatic N) is 2. The first-order chi connectivity index (χ1) is 15.1. The fourth-order valence-corrected chi connectivity index (χ4v) is 4.80. The number of nitrogens with one attached hydrogen (secondary N) is 1. The highest BCUT2D eigenvalue weighted by Crippen LogP contribution is 2.30. The molecule has 3 aromatic carbocycles. The summed E-state index contributed by atoms with van der Waals surface area (Å²) in [5.41, 5.74) is 6.28. The number of aromatic nitrogens is 2. The Bertz CT molecular complexity index is 1370. The number of carbonyl (C=O) groups is 1. The van der Waals surface area contributed by atoms with E-state index in [-0.39, 0.29) is 11.8 Å². The first-order valence-corrected chi connectivity index (χ1v) is 11.2. The Hall–Kier alpha value is -3.44. The lowest BCUT2D eigenvalue weighted by Crippen LogP contribution is -2.27. The van der Waals surface area contributed by atoms with Crippen molar-refractivity contribution < 1.29 is 4.79 Å². The van der Waals surface area contributed by atoms with Crippen molar-refractivity contribution in [3.05, 3.63) is 95.7 Å². The molecular formula is C26H23N3OS. The van der Waals surface area contributed by atoms with Crippen LogP contribution in [0.5, 0.6) is 0 Å². The molecule has 0 saturated carbocycles. The number of hydrogen-bond donors (Lipinski definition) is 1. The molecule has 5 rings (SSSR count). The summed E-state index contributed by atoms with van der Waals surface area (Å²) in [6.45, 7) is 4.81. The van der Waals surface area contributed by atoms with Crippen molar-refractivity contribution in [3.63, 3.8) is 0 Å². The van der Waals surface area contributed by atoms with Gasteiger partial charge in [-0.15, -0.1) is 0 Å². The Morgan fingerprint density at radius 2 is 1.84 bits per heavy atom. The third-order valence-electron chi connectivity index (χ3n) is 5.64. The van der Waals surface area contributed by atoms with Crippen molar-refractivity contribution in [2.75, 3.05) is 6.54 Å². The van der Waals surface area contributed by atoms with E-state index in [0.717, 1.165) is 26.4 Å². The monoisotopic (exact) mass is 425 g/mol. The van der Waals surface area contributed by atoms with E-state index in [1.165, 1.54) is 11.1 Å². The van der Waals surface area contributed by atoms with Crippen LogP contribution in [0, 0.1) is 6.92 Å². The third kappa shape index (κ3) is 3.84. The Morgan fingerprint density at radius 1 is 1.06 bits per heavy atom. The second-order valence-electron chi connectivity index (χ2n) is 7.95. The lowest BCUT2D eigenvalue weighted by atomic mass is 10.0. The van der Waals surface area contributed by atoms with Crippen LogP contribution in [0.15, 0.2) is 79.0 Å². The van der Waals surface area contributed by atoms with Gasteiger partial charge >= 0.3 is 0 Å². The van der Waals surface area contributed by atoms with E-state index < -0.39 is 0 Å². The average Bonchev–Trinajstić information content (AvgIpc) is 3.36. The summed E-state index contributed by atoms with van der Waals surface area (Å²) in [7, 11) is 0. The van der Waals surface area contributed by atoms with Crippen LogP contribution in [0.3, 0.4) is 0 Å². The van der Waals surface area contributed by atoms with Gasteiger partial charge < -0.3 is 5.32 Å².